The number of carbonyl (C=O) groups is 2. The summed E-state index contributed by atoms with van der Waals surface area (Å²) >= 11 is 0. The molecule has 10 unspecified atom stereocenters. The summed E-state index contributed by atoms with van der Waals surface area (Å²) in [4.78, 5) is 22.9. The molecular weight excluding hydrogens is 452 g/mol. The Morgan fingerprint density at radius 3 is 1.97 bits per heavy atom. The van der Waals surface area contributed by atoms with Crippen molar-refractivity contribution in [1.82, 2.24) is 0 Å². The molecule has 2 heterocycles. The lowest BCUT2D eigenvalue weighted by Gasteiger charge is -2.45. The summed E-state index contributed by atoms with van der Waals surface area (Å²) in [5, 5.41) is 69.0. The fourth-order valence-electron chi connectivity index (χ4n) is 3.11. The SMILES string of the molecule is CC.COC(=O)CCC(=O)OCC1OC(O)C(O)C(O)C1OC1OC(CO)C(O)C(O)C1O. The molecule has 0 aliphatic carbocycles. The number of hydrogen-bond acceptors (Lipinski definition) is 14. The Labute approximate surface area is 190 Å². The van der Waals surface area contributed by atoms with E-state index in [9.17, 15) is 45.3 Å². The molecule has 2 rings (SSSR count). The number of aliphatic hydroxyl groups excluding tert-OH is 7. The maximum absolute atomic E-state index is 11.8. The lowest BCUT2D eigenvalue weighted by atomic mass is 9.97. The van der Waals surface area contributed by atoms with E-state index in [2.05, 4.69) is 4.74 Å². The van der Waals surface area contributed by atoms with Crippen molar-refractivity contribution in [3.8, 4) is 0 Å². The van der Waals surface area contributed by atoms with Crippen molar-refractivity contribution in [2.75, 3.05) is 20.3 Å². The minimum atomic E-state index is -1.86. The maximum atomic E-state index is 11.8. The molecular formula is C19H34O14. The summed E-state index contributed by atoms with van der Waals surface area (Å²) in [5.41, 5.74) is 0. The fraction of sp³-hybridized carbons (Fsp3) is 0.895. The molecule has 0 spiro atoms. The van der Waals surface area contributed by atoms with Crippen molar-refractivity contribution in [3.05, 3.63) is 0 Å². The van der Waals surface area contributed by atoms with Crippen molar-refractivity contribution in [3.63, 3.8) is 0 Å². The maximum Gasteiger partial charge on any atom is 0.306 e. The highest BCUT2D eigenvalue weighted by Gasteiger charge is 2.50. The molecule has 0 amide bonds. The highest BCUT2D eigenvalue weighted by Crippen LogP contribution is 2.28. The molecule has 0 aromatic heterocycles. The third-order valence-corrected chi connectivity index (χ3v) is 4.97. The first-order valence-corrected chi connectivity index (χ1v) is 10.5. The van der Waals surface area contributed by atoms with Gasteiger partial charge in [0.1, 0.15) is 55.4 Å². The van der Waals surface area contributed by atoms with E-state index in [-0.39, 0.29) is 12.8 Å². The molecule has 2 fully saturated rings. The van der Waals surface area contributed by atoms with Crippen molar-refractivity contribution in [2.45, 2.75) is 88.1 Å². The van der Waals surface area contributed by atoms with E-state index in [1.54, 1.807) is 0 Å². The smallest absolute Gasteiger partial charge is 0.306 e. The van der Waals surface area contributed by atoms with Gasteiger partial charge in [-0.3, -0.25) is 9.59 Å². The molecule has 0 radical (unpaired) electrons. The summed E-state index contributed by atoms with van der Waals surface area (Å²) in [7, 11) is 1.15. The van der Waals surface area contributed by atoms with Gasteiger partial charge in [-0.2, -0.15) is 0 Å². The summed E-state index contributed by atoms with van der Waals surface area (Å²) in [6.07, 6.45) is -17.1. The van der Waals surface area contributed by atoms with E-state index in [4.69, 9.17) is 18.9 Å². The van der Waals surface area contributed by atoms with Crippen LogP contribution in [-0.2, 0) is 33.3 Å². The molecule has 33 heavy (non-hydrogen) atoms. The number of hydrogen-bond donors (Lipinski definition) is 7. The zero-order chi connectivity index (χ0) is 25.3. The second kappa shape index (κ2) is 14.1. The van der Waals surface area contributed by atoms with Crippen LogP contribution in [0.1, 0.15) is 26.7 Å². The largest absolute Gasteiger partial charge is 0.469 e. The Morgan fingerprint density at radius 2 is 1.39 bits per heavy atom. The number of ether oxygens (including phenoxy) is 5. The van der Waals surface area contributed by atoms with Crippen LogP contribution in [0.25, 0.3) is 0 Å². The van der Waals surface area contributed by atoms with Gasteiger partial charge in [0.05, 0.1) is 26.6 Å². The van der Waals surface area contributed by atoms with Gasteiger partial charge in [0, 0.05) is 0 Å². The van der Waals surface area contributed by atoms with Crippen LogP contribution in [0.3, 0.4) is 0 Å². The van der Waals surface area contributed by atoms with Gasteiger partial charge >= 0.3 is 11.9 Å². The zero-order valence-electron chi connectivity index (χ0n) is 18.6. The van der Waals surface area contributed by atoms with Gasteiger partial charge < -0.3 is 59.4 Å². The second-order valence-electron chi connectivity index (χ2n) is 7.10. The third kappa shape index (κ3) is 7.78. The minimum Gasteiger partial charge on any atom is -0.469 e. The normalized spacial score (nSPS) is 38.6. The number of carbonyl (C=O) groups excluding carboxylic acids is 2. The predicted octanol–water partition coefficient (Wildman–Crippen LogP) is -3.87. The molecule has 0 aromatic carbocycles. The highest BCUT2D eigenvalue weighted by molar-refractivity contribution is 5.77. The van der Waals surface area contributed by atoms with E-state index >= 15 is 0 Å². The van der Waals surface area contributed by atoms with Crippen LogP contribution >= 0.6 is 0 Å². The van der Waals surface area contributed by atoms with E-state index in [1.165, 1.54) is 0 Å². The van der Waals surface area contributed by atoms with E-state index in [1.807, 2.05) is 13.8 Å². The zero-order valence-corrected chi connectivity index (χ0v) is 18.6. The first-order chi connectivity index (χ1) is 15.6. The fourth-order valence-corrected chi connectivity index (χ4v) is 3.11. The molecule has 10 atom stereocenters. The van der Waals surface area contributed by atoms with Crippen molar-refractivity contribution in [2.24, 2.45) is 0 Å². The van der Waals surface area contributed by atoms with Gasteiger partial charge in [0.25, 0.3) is 0 Å². The van der Waals surface area contributed by atoms with E-state index in [0.717, 1.165) is 7.11 Å². The lowest BCUT2D eigenvalue weighted by molar-refractivity contribution is -0.355. The van der Waals surface area contributed by atoms with Crippen molar-refractivity contribution < 1.29 is 69.0 Å². The molecule has 14 heteroatoms. The predicted molar refractivity (Wildman–Crippen MR) is 105 cm³/mol. The molecule has 0 aromatic rings. The first kappa shape index (κ1) is 29.6. The molecule has 2 saturated heterocycles. The summed E-state index contributed by atoms with van der Waals surface area (Å²) in [6.45, 7) is 2.69. The highest BCUT2D eigenvalue weighted by atomic mass is 16.7. The van der Waals surface area contributed by atoms with Crippen LogP contribution in [0, 0.1) is 0 Å². The van der Waals surface area contributed by atoms with Crippen LogP contribution in [0.4, 0.5) is 0 Å². The average Bonchev–Trinajstić information content (AvgIpc) is 2.82. The van der Waals surface area contributed by atoms with Crippen molar-refractivity contribution in [1.29, 1.82) is 0 Å². The molecule has 2 aliphatic rings. The topological polar surface area (TPSA) is 222 Å². The van der Waals surface area contributed by atoms with Gasteiger partial charge in [-0.25, -0.2) is 0 Å². The van der Waals surface area contributed by atoms with Crippen LogP contribution in [-0.4, -0.2) is 129 Å². The molecule has 14 nitrogen and oxygen atoms in total. The lowest BCUT2D eigenvalue weighted by Crippen LogP contribution is -2.64. The Balaban J connectivity index is 0.00000265. The quantitative estimate of drug-likeness (QED) is 0.163. The first-order valence-electron chi connectivity index (χ1n) is 10.5. The van der Waals surface area contributed by atoms with Gasteiger partial charge in [-0.1, -0.05) is 13.8 Å². The number of aliphatic hydroxyl groups is 7. The molecule has 7 N–H and O–H groups in total. The Morgan fingerprint density at radius 1 is 0.788 bits per heavy atom. The van der Waals surface area contributed by atoms with Crippen molar-refractivity contribution >= 4 is 11.9 Å². The van der Waals surface area contributed by atoms with Crippen LogP contribution < -0.4 is 0 Å². The number of esters is 2. The van der Waals surface area contributed by atoms with E-state index < -0.39 is 86.6 Å². The van der Waals surface area contributed by atoms with Crippen LogP contribution in [0.2, 0.25) is 0 Å². The Kier molecular flexibility index (Phi) is 12.6. The number of rotatable bonds is 8. The Hall–Kier alpha value is -1.46. The van der Waals surface area contributed by atoms with Gasteiger partial charge in [0.15, 0.2) is 12.6 Å². The second-order valence-corrected chi connectivity index (χ2v) is 7.10. The summed E-state index contributed by atoms with van der Waals surface area (Å²) < 4.78 is 25.1. The van der Waals surface area contributed by atoms with Crippen LogP contribution in [0.5, 0.6) is 0 Å². The molecule has 2 aliphatic heterocycles. The number of methoxy groups -OCH3 is 1. The summed E-state index contributed by atoms with van der Waals surface area (Å²) in [5.74, 6) is -1.46. The minimum absolute atomic E-state index is 0.240. The molecule has 0 saturated carbocycles. The summed E-state index contributed by atoms with van der Waals surface area (Å²) in [6, 6.07) is 0. The average molecular weight is 486 g/mol. The van der Waals surface area contributed by atoms with Gasteiger partial charge in [0.2, 0.25) is 0 Å². The van der Waals surface area contributed by atoms with Gasteiger partial charge in [-0.15, -0.1) is 0 Å². The third-order valence-electron chi connectivity index (χ3n) is 4.97. The Bertz CT molecular complexity index is 601. The van der Waals surface area contributed by atoms with Gasteiger partial charge in [-0.05, 0) is 0 Å². The van der Waals surface area contributed by atoms with E-state index in [0.29, 0.717) is 0 Å². The van der Waals surface area contributed by atoms with Crippen LogP contribution in [0.15, 0.2) is 0 Å². The standard InChI is InChI=1S/C17H28O14.C2H6/c1-27-8(19)2-3-9(20)28-5-7-15(12(23)13(24)16(26)29-7)31-17-14(25)11(22)10(21)6(4-18)30-17;1-2/h6-7,10-18,21-26H,2-5H2,1H3;1-2H3. The molecule has 0 bridgehead atoms. The molecule has 194 valence electrons. The monoisotopic (exact) mass is 486 g/mol.